The van der Waals surface area contributed by atoms with E-state index in [1.807, 2.05) is 13.8 Å². The molecule has 0 fully saturated rings. The van der Waals surface area contributed by atoms with Gasteiger partial charge >= 0.3 is 0 Å². The fourth-order valence-corrected chi connectivity index (χ4v) is 1.65. The average Bonchev–Trinajstić information content (AvgIpc) is 2.33. The van der Waals surface area contributed by atoms with Crippen molar-refractivity contribution < 1.29 is 4.74 Å². The van der Waals surface area contributed by atoms with Crippen LogP contribution in [0.1, 0.15) is 13.8 Å². The fraction of sp³-hybridized carbons (Fsp3) is 0.231. The SMILES string of the molecule is CC(C)Oc1cncc(Nc2cc(N)ccc2Cl)n1. The highest BCUT2D eigenvalue weighted by atomic mass is 35.5. The Labute approximate surface area is 116 Å². The molecule has 1 heterocycles. The molecule has 0 amide bonds. The van der Waals surface area contributed by atoms with Gasteiger partial charge in [-0.25, -0.2) is 0 Å². The van der Waals surface area contributed by atoms with E-state index in [2.05, 4.69) is 15.3 Å². The Balaban J connectivity index is 2.21. The normalized spacial score (nSPS) is 10.5. The van der Waals surface area contributed by atoms with Gasteiger partial charge in [0.1, 0.15) is 0 Å². The van der Waals surface area contributed by atoms with Crippen molar-refractivity contribution in [3.05, 3.63) is 35.6 Å². The molecule has 0 aliphatic rings. The number of hydrogen-bond acceptors (Lipinski definition) is 5. The lowest BCUT2D eigenvalue weighted by molar-refractivity contribution is 0.232. The number of ether oxygens (including phenoxy) is 1. The molecule has 5 nitrogen and oxygen atoms in total. The molecule has 19 heavy (non-hydrogen) atoms. The summed E-state index contributed by atoms with van der Waals surface area (Å²) in [4.78, 5) is 8.35. The molecule has 0 aliphatic heterocycles. The highest BCUT2D eigenvalue weighted by molar-refractivity contribution is 6.33. The second-order valence-electron chi connectivity index (χ2n) is 4.27. The zero-order valence-electron chi connectivity index (χ0n) is 10.7. The number of halogens is 1. The van der Waals surface area contributed by atoms with Crippen molar-refractivity contribution in [1.82, 2.24) is 9.97 Å². The number of nitrogen functional groups attached to an aromatic ring is 1. The van der Waals surface area contributed by atoms with Crippen molar-refractivity contribution in [2.45, 2.75) is 20.0 Å². The summed E-state index contributed by atoms with van der Waals surface area (Å²) in [7, 11) is 0. The lowest BCUT2D eigenvalue weighted by atomic mass is 10.3. The maximum absolute atomic E-state index is 6.07. The molecule has 0 radical (unpaired) electrons. The Bertz CT molecular complexity index is 574. The number of benzene rings is 1. The van der Waals surface area contributed by atoms with Crippen molar-refractivity contribution in [1.29, 1.82) is 0 Å². The number of nitrogens with zero attached hydrogens (tertiary/aromatic N) is 2. The average molecular weight is 279 g/mol. The predicted molar refractivity (Wildman–Crippen MR) is 76.9 cm³/mol. The summed E-state index contributed by atoms with van der Waals surface area (Å²) in [6, 6.07) is 5.19. The first-order chi connectivity index (χ1) is 9.04. The summed E-state index contributed by atoms with van der Waals surface area (Å²) in [5, 5.41) is 3.62. The van der Waals surface area contributed by atoms with Gasteiger partial charge in [0.05, 0.1) is 29.2 Å². The third-order valence-corrected chi connectivity index (χ3v) is 2.55. The molecule has 1 aromatic heterocycles. The number of anilines is 3. The van der Waals surface area contributed by atoms with Crippen molar-refractivity contribution in [3.63, 3.8) is 0 Å². The molecule has 6 heteroatoms. The Hall–Kier alpha value is -2.01. The standard InChI is InChI=1S/C13H15ClN4O/c1-8(2)19-13-7-16-6-12(18-13)17-11-5-9(15)3-4-10(11)14/h3-8H,15H2,1-2H3,(H,17,18). The minimum atomic E-state index is 0.0421. The molecule has 3 N–H and O–H groups in total. The van der Waals surface area contributed by atoms with Gasteiger partial charge in [-0.3, -0.25) is 4.98 Å². The molecule has 0 aliphatic carbocycles. The maximum Gasteiger partial charge on any atom is 0.234 e. The van der Waals surface area contributed by atoms with Crippen molar-refractivity contribution >= 4 is 28.8 Å². The van der Waals surface area contributed by atoms with Crippen molar-refractivity contribution in [2.75, 3.05) is 11.1 Å². The van der Waals surface area contributed by atoms with Gasteiger partial charge in [-0.2, -0.15) is 4.98 Å². The molecule has 1 aromatic carbocycles. The topological polar surface area (TPSA) is 73.1 Å². The van der Waals surface area contributed by atoms with Crippen LogP contribution >= 0.6 is 11.6 Å². The van der Waals surface area contributed by atoms with Crippen LogP contribution in [0, 0.1) is 0 Å². The quantitative estimate of drug-likeness (QED) is 0.840. The maximum atomic E-state index is 6.07. The van der Waals surface area contributed by atoms with Crippen LogP contribution < -0.4 is 15.8 Å². The second-order valence-corrected chi connectivity index (χ2v) is 4.68. The molecular weight excluding hydrogens is 264 g/mol. The Kier molecular flexibility index (Phi) is 4.06. The third kappa shape index (κ3) is 3.72. The van der Waals surface area contributed by atoms with Gasteiger partial charge in [-0.15, -0.1) is 0 Å². The van der Waals surface area contributed by atoms with E-state index >= 15 is 0 Å². The van der Waals surface area contributed by atoms with Crippen molar-refractivity contribution in [2.24, 2.45) is 0 Å². The minimum absolute atomic E-state index is 0.0421. The van der Waals surface area contributed by atoms with E-state index in [1.54, 1.807) is 30.6 Å². The number of hydrogen-bond donors (Lipinski definition) is 2. The third-order valence-electron chi connectivity index (χ3n) is 2.22. The lowest BCUT2D eigenvalue weighted by Gasteiger charge is -2.11. The highest BCUT2D eigenvalue weighted by Gasteiger charge is 2.05. The number of rotatable bonds is 4. The summed E-state index contributed by atoms with van der Waals surface area (Å²) in [5.41, 5.74) is 7.02. The predicted octanol–water partition coefficient (Wildman–Crippen LogP) is 3.24. The van der Waals surface area contributed by atoms with E-state index in [9.17, 15) is 0 Å². The first kappa shape index (κ1) is 13.4. The van der Waals surface area contributed by atoms with Crippen LogP contribution in [-0.2, 0) is 0 Å². The first-order valence-electron chi connectivity index (χ1n) is 5.85. The van der Waals surface area contributed by atoms with E-state index in [4.69, 9.17) is 22.1 Å². The lowest BCUT2D eigenvalue weighted by Crippen LogP contribution is -2.08. The zero-order valence-corrected chi connectivity index (χ0v) is 11.5. The van der Waals surface area contributed by atoms with Gasteiger partial charge in [0.25, 0.3) is 0 Å². The fourth-order valence-electron chi connectivity index (χ4n) is 1.48. The smallest absolute Gasteiger partial charge is 0.234 e. The minimum Gasteiger partial charge on any atom is -0.474 e. The molecule has 100 valence electrons. The van der Waals surface area contributed by atoms with Gasteiger partial charge in [0, 0.05) is 5.69 Å². The van der Waals surface area contributed by atoms with Gasteiger partial charge in [0.2, 0.25) is 5.88 Å². The number of aromatic nitrogens is 2. The molecule has 0 saturated carbocycles. The number of nitrogens with one attached hydrogen (secondary N) is 1. The van der Waals surface area contributed by atoms with Gasteiger partial charge < -0.3 is 15.8 Å². The monoisotopic (exact) mass is 278 g/mol. The molecule has 0 atom stereocenters. The van der Waals surface area contributed by atoms with Crippen LogP contribution in [0.4, 0.5) is 17.2 Å². The summed E-state index contributed by atoms with van der Waals surface area (Å²) in [6.07, 6.45) is 3.19. The van der Waals surface area contributed by atoms with Crippen LogP contribution in [0.5, 0.6) is 5.88 Å². The largest absolute Gasteiger partial charge is 0.474 e. The molecule has 0 saturated heterocycles. The van der Waals surface area contributed by atoms with Gasteiger partial charge in [-0.1, -0.05) is 11.6 Å². The molecule has 2 rings (SSSR count). The highest BCUT2D eigenvalue weighted by Crippen LogP contribution is 2.27. The van der Waals surface area contributed by atoms with E-state index in [-0.39, 0.29) is 6.10 Å². The molecule has 0 bridgehead atoms. The first-order valence-corrected chi connectivity index (χ1v) is 6.23. The van der Waals surface area contributed by atoms with E-state index in [1.165, 1.54) is 0 Å². The van der Waals surface area contributed by atoms with Crippen LogP contribution in [0.3, 0.4) is 0 Å². The van der Waals surface area contributed by atoms with Gasteiger partial charge in [-0.05, 0) is 32.0 Å². The summed E-state index contributed by atoms with van der Waals surface area (Å²) in [5.74, 6) is 1.01. The zero-order chi connectivity index (χ0) is 13.8. The second kappa shape index (κ2) is 5.75. The molecular formula is C13H15ClN4O. The van der Waals surface area contributed by atoms with E-state index in [0.29, 0.717) is 28.1 Å². The number of nitrogens with two attached hydrogens (primary N) is 1. The molecule has 2 aromatic rings. The van der Waals surface area contributed by atoms with E-state index < -0.39 is 0 Å². The van der Waals surface area contributed by atoms with Crippen molar-refractivity contribution in [3.8, 4) is 5.88 Å². The van der Waals surface area contributed by atoms with Gasteiger partial charge in [0.15, 0.2) is 5.82 Å². The summed E-state index contributed by atoms with van der Waals surface area (Å²) < 4.78 is 5.48. The van der Waals surface area contributed by atoms with Crippen LogP contribution in [0.2, 0.25) is 5.02 Å². The molecule has 0 unspecified atom stereocenters. The Morgan fingerprint density at radius 2 is 2.11 bits per heavy atom. The van der Waals surface area contributed by atoms with E-state index in [0.717, 1.165) is 0 Å². The summed E-state index contributed by atoms with van der Waals surface area (Å²) in [6.45, 7) is 3.85. The van der Waals surface area contributed by atoms with Crippen LogP contribution in [0.15, 0.2) is 30.6 Å². The Morgan fingerprint density at radius 3 is 2.84 bits per heavy atom. The summed E-state index contributed by atoms with van der Waals surface area (Å²) >= 11 is 6.07. The van der Waals surface area contributed by atoms with Crippen LogP contribution in [-0.4, -0.2) is 16.1 Å². The molecule has 0 spiro atoms. The van der Waals surface area contributed by atoms with Crippen LogP contribution in [0.25, 0.3) is 0 Å². The Morgan fingerprint density at radius 1 is 1.32 bits per heavy atom.